The van der Waals surface area contributed by atoms with E-state index in [0.717, 1.165) is 36.6 Å². The molecule has 1 N–H and O–H groups in total. The molecule has 1 aromatic carbocycles. The van der Waals surface area contributed by atoms with Gasteiger partial charge in [-0.15, -0.1) is 0 Å². The van der Waals surface area contributed by atoms with Gasteiger partial charge in [-0.1, -0.05) is 30.9 Å². The zero-order valence-electron chi connectivity index (χ0n) is 15.4. The Morgan fingerprint density at radius 2 is 2.23 bits per heavy atom. The molecule has 5 nitrogen and oxygen atoms in total. The number of hydrogen-bond donors (Lipinski definition) is 1. The lowest BCUT2D eigenvalue weighted by atomic mass is 9.94. The molecule has 0 saturated carbocycles. The fourth-order valence-electron chi connectivity index (χ4n) is 3.84. The minimum atomic E-state index is 0.127. The minimum Gasteiger partial charge on any atom is -0.348 e. The predicted molar refractivity (Wildman–Crippen MR) is 104 cm³/mol. The van der Waals surface area contributed by atoms with Crippen molar-refractivity contribution in [2.24, 2.45) is 0 Å². The van der Waals surface area contributed by atoms with Crippen LogP contribution in [0.1, 0.15) is 54.3 Å². The number of nitrogens with one attached hydrogen (secondary N) is 1. The number of benzene rings is 1. The summed E-state index contributed by atoms with van der Waals surface area (Å²) in [4.78, 5) is 15.1. The van der Waals surface area contributed by atoms with Crippen molar-refractivity contribution in [2.45, 2.75) is 38.9 Å². The van der Waals surface area contributed by atoms with Crippen LogP contribution >= 0.6 is 0 Å². The number of rotatable bonds is 5. The second-order valence-corrected chi connectivity index (χ2v) is 7.11. The quantitative estimate of drug-likeness (QED) is 0.759. The van der Waals surface area contributed by atoms with Gasteiger partial charge >= 0.3 is 0 Å². The minimum absolute atomic E-state index is 0.127. The van der Waals surface area contributed by atoms with Crippen LogP contribution in [0.3, 0.4) is 0 Å². The van der Waals surface area contributed by atoms with Gasteiger partial charge in [0.15, 0.2) is 0 Å². The maximum absolute atomic E-state index is 4.66. The Labute approximate surface area is 154 Å². The summed E-state index contributed by atoms with van der Waals surface area (Å²) in [6.07, 6.45) is 8.65. The molecule has 0 unspecified atom stereocenters. The van der Waals surface area contributed by atoms with Crippen LogP contribution in [0, 0.1) is 0 Å². The van der Waals surface area contributed by atoms with Crippen LogP contribution in [0.15, 0.2) is 49.6 Å². The summed E-state index contributed by atoms with van der Waals surface area (Å²) < 4.78 is 2.25. The fourth-order valence-corrected chi connectivity index (χ4v) is 3.84. The van der Waals surface area contributed by atoms with Crippen LogP contribution in [0.4, 0.5) is 0 Å². The molecule has 2 aromatic heterocycles. The van der Waals surface area contributed by atoms with E-state index < -0.39 is 0 Å². The van der Waals surface area contributed by atoms with Crippen molar-refractivity contribution in [2.75, 3.05) is 6.54 Å². The lowest BCUT2D eigenvalue weighted by Gasteiger charge is -2.35. The maximum atomic E-state index is 4.66. The van der Waals surface area contributed by atoms with E-state index in [-0.39, 0.29) is 6.04 Å². The largest absolute Gasteiger partial charge is 0.348 e. The van der Waals surface area contributed by atoms with Gasteiger partial charge in [0.25, 0.3) is 0 Å². The van der Waals surface area contributed by atoms with Gasteiger partial charge in [-0.25, -0.2) is 9.97 Å². The summed E-state index contributed by atoms with van der Waals surface area (Å²) in [6, 6.07) is 9.11. The molecule has 4 rings (SSSR count). The standard InChI is InChI=1S/C21H25N5/c1-4-16-6-5-7-17(12-16)21-20-18(23-14-24-20)8-10-25(21)13-19-22-9-11-26(19)15(2)3/h4-7,9,11-12,14-15,21H,1,8,10,13H2,2-3H3,(H,23,24)/t21-/m1/s1. The first-order valence-electron chi connectivity index (χ1n) is 9.17. The second-order valence-electron chi connectivity index (χ2n) is 7.11. The van der Waals surface area contributed by atoms with E-state index in [9.17, 15) is 0 Å². The van der Waals surface area contributed by atoms with Crippen molar-refractivity contribution in [3.05, 3.63) is 77.9 Å². The smallest absolute Gasteiger partial charge is 0.123 e. The lowest BCUT2D eigenvalue weighted by molar-refractivity contribution is 0.192. The van der Waals surface area contributed by atoms with Crippen LogP contribution in [-0.4, -0.2) is 31.0 Å². The molecule has 3 heterocycles. The second kappa shape index (κ2) is 6.92. The normalized spacial score (nSPS) is 17.4. The molecule has 3 aromatic rings. The number of hydrogen-bond acceptors (Lipinski definition) is 3. The monoisotopic (exact) mass is 347 g/mol. The van der Waals surface area contributed by atoms with Gasteiger partial charge in [-0.3, -0.25) is 4.90 Å². The predicted octanol–water partition coefficient (Wildman–Crippen LogP) is 3.98. The SMILES string of the molecule is C=Cc1cccc([C@@H]2c3nc[nH]c3CCN2Cc2nccn2C(C)C)c1. The van der Waals surface area contributed by atoms with Gasteiger partial charge in [-0.05, 0) is 31.0 Å². The number of H-pyrrole nitrogens is 1. The number of fused-ring (bicyclic) bond motifs is 1. The van der Waals surface area contributed by atoms with E-state index in [4.69, 9.17) is 0 Å². The molecule has 0 amide bonds. The van der Waals surface area contributed by atoms with Crippen molar-refractivity contribution >= 4 is 6.08 Å². The average molecular weight is 347 g/mol. The summed E-state index contributed by atoms with van der Waals surface area (Å²) in [6.45, 7) is 10.1. The highest BCUT2D eigenvalue weighted by Gasteiger charge is 2.31. The molecule has 1 atom stereocenters. The summed E-state index contributed by atoms with van der Waals surface area (Å²) in [5.74, 6) is 1.10. The van der Waals surface area contributed by atoms with Crippen LogP contribution < -0.4 is 0 Å². The van der Waals surface area contributed by atoms with E-state index in [2.05, 4.69) is 75.3 Å². The number of aromatic nitrogens is 4. The molecule has 0 saturated heterocycles. The van der Waals surface area contributed by atoms with E-state index in [1.54, 1.807) is 0 Å². The van der Waals surface area contributed by atoms with Gasteiger partial charge < -0.3 is 9.55 Å². The van der Waals surface area contributed by atoms with Crippen LogP contribution in [0.25, 0.3) is 6.08 Å². The molecule has 1 aliphatic heterocycles. The Morgan fingerprint density at radius 3 is 3.04 bits per heavy atom. The number of imidazole rings is 2. The Hall–Kier alpha value is -2.66. The highest BCUT2D eigenvalue weighted by molar-refractivity contribution is 5.49. The summed E-state index contributed by atoms with van der Waals surface area (Å²) >= 11 is 0. The third-order valence-electron chi connectivity index (χ3n) is 5.14. The molecule has 5 heteroatoms. The lowest BCUT2D eigenvalue weighted by Crippen LogP contribution is -2.36. The van der Waals surface area contributed by atoms with Crippen molar-refractivity contribution in [1.82, 2.24) is 24.4 Å². The molecule has 0 aliphatic carbocycles. The number of aromatic amines is 1. The van der Waals surface area contributed by atoms with Crippen LogP contribution in [0.2, 0.25) is 0 Å². The van der Waals surface area contributed by atoms with Gasteiger partial charge in [0.1, 0.15) is 5.82 Å². The molecule has 134 valence electrons. The third kappa shape index (κ3) is 2.99. The highest BCUT2D eigenvalue weighted by Crippen LogP contribution is 2.34. The summed E-state index contributed by atoms with van der Waals surface area (Å²) in [5, 5.41) is 0. The van der Waals surface area contributed by atoms with E-state index >= 15 is 0 Å². The Bertz CT molecular complexity index is 905. The summed E-state index contributed by atoms with van der Waals surface area (Å²) in [7, 11) is 0. The van der Waals surface area contributed by atoms with Gasteiger partial charge in [-0.2, -0.15) is 0 Å². The Morgan fingerprint density at radius 1 is 1.35 bits per heavy atom. The first-order chi connectivity index (χ1) is 12.7. The highest BCUT2D eigenvalue weighted by atomic mass is 15.2. The van der Waals surface area contributed by atoms with Crippen molar-refractivity contribution in [1.29, 1.82) is 0 Å². The first kappa shape index (κ1) is 16.8. The molecule has 1 aliphatic rings. The average Bonchev–Trinajstić information content (AvgIpc) is 3.30. The van der Waals surface area contributed by atoms with E-state index in [1.807, 2.05) is 18.6 Å². The molecule has 0 fully saturated rings. The van der Waals surface area contributed by atoms with Gasteiger partial charge in [0.2, 0.25) is 0 Å². The van der Waals surface area contributed by atoms with Crippen molar-refractivity contribution in [3.8, 4) is 0 Å². The molecule has 26 heavy (non-hydrogen) atoms. The molecular weight excluding hydrogens is 322 g/mol. The zero-order valence-corrected chi connectivity index (χ0v) is 15.4. The van der Waals surface area contributed by atoms with E-state index in [1.165, 1.54) is 11.3 Å². The number of nitrogens with zero attached hydrogens (tertiary/aromatic N) is 4. The van der Waals surface area contributed by atoms with Crippen LogP contribution in [-0.2, 0) is 13.0 Å². The van der Waals surface area contributed by atoms with Gasteiger partial charge in [0.05, 0.1) is 24.6 Å². The Kier molecular flexibility index (Phi) is 4.47. The molecule has 0 radical (unpaired) electrons. The summed E-state index contributed by atoms with van der Waals surface area (Å²) in [5.41, 5.74) is 4.74. The Balaban J connectivity index is 1.73. The fraction of sp³-hybridized carbons (Fsp3) is 0.333. The molecule has 0 spiro atoms. The maximum Gasteiger partial charge on any atom is 0.123 e. The van der Waals surface area contributed by atoms with E-state index in [0.29, 0.717) is 6.04 Å². The topological polar surface area (TPSA) is 49.7 Å². The van der Waals surface area contributed by atoms with Gasteiger partial charge in [0, 0.05) is 37.1 Å². The molecule has 0 bridgehead atoms. The third-order valence-corrected chi connectivity index (χ3v) is 5.14. The van der Waals surface area contributed by atoms with Crippen molar-refractivity contribution < 1.29 is 0 Å². The van der Waals surface area contributed by atoms with Crippen LogP contribution in [0.5, 0.6) is 0 Å². The van der Waals surface area contributed by atoms with Crippen molar-refractivity contribution in [3.63, 3.8) is 0 Å². The first-order valence-corrected chi connectivity index (χ1v) is 9.17. The molecular formula is C21H25N5. The zero-order chi connectivity index (χ0) is 18.1.